The Morgan fingerprint density at radius 3 is 3.00 bits per heavy atom. The molecule has 0 fully saturated rings. The predicted molar refractivity (Wildman–Crippen MR) is 52.9 cm³/mol. The second-order valence-electron chi connectivity index (χ2n) is 3.09. The molecule has 1 aromatic heterocycles. The maximum absolute atomic E-state index is 5.02. The van der Waals surface area contributed by atoms with Crippen LogP contribution < -0.4 is 5.32 Å². The summed E-state index contributed by atoms with van der Waals surface area (Å²) in [5, 5.41) is 7.45. The third-order valence-electron chi connectivity index (χ3n) is 1.79. The van der Waals surface area contributed by atoms with E-state index < -0.39 is 0 Å². The summed E-state index contributed by atoms with van der Waals surface area (Å²) in [5.41, 5.74) is 1.05. The summed E-state index contributed by atoms with van der Waals surface area (Å²) in [6.07, 6.45) is 3.82. The fraction of sp³-hybridized carbons (Fsp3) is 0.667. The Morgan fingerprint density at radius 1 is 1.69 bits per heavy atom. The molecule has 0 amide bonds. The number of hydrogen-bond donors (Lipinski definition) is 1. The van der Waals surface area contributed by atoms with Crippen molar-refractivity contribution in [2.45, 2.75) is 26.4 Å². The maximum Gasteiger partial charge on any atom is 0.0729 e. The molecular weight excluding hydrogens is 166 g/mol. The average Bonchev–Trinajstić information content (AvgIpc) is 2.52. The first kappa shape index (κ1) is 10.1. The van der Waals surface area contributed by atoms with Crippen molar-refractivity contribution in [2.75, 3.05) is 19.0 Å². The van der Waals surface area contributed by atoms with Gasteiger partial charge in [0.05, 0.1) is 18.5 Å². The van der Waals surface area contributed by atoms with Crippen LogP contribution in [0.5, 0.6) is 0 Å². The van der Waals surface area contributed by atoms with E-state index in [4.69, 9.17) is 4.74 Å². The Labute approximate surface area is 78.9 Å². The monoisotopic (exact) mass is 183 g/mol. The van der Waals surface area contributed by atoms with Gasteiger partial charge in [0.2, 0.25) is 0 Å². The van der Waals surface area contributed by atoms with Crippen LogP contribution in [0, 0.1) is 0 Å². The predicted octanol–water partition coefficient (Wildman–Crippen LogP) is 1.35. The fourth-order valence-corrected chi connectivity index (χ4v) is 1.19. The number of hydrogen-bond acceptors (Lipinski definition) is 3. The third-order valence-corrected chi connectivity index (χ3v) is 1.79. The highest BCUT2D eigenvalue weighted by Gasteiger charge is 2.02. The lowest BCUT2D eigenvalue weighted by atomic mass is 10.3. The highest BCUT2D eigenvalue weighted by atomic mass is 16.5. The minimum Gasteiger partial charge on any atom is -0.383 e. The number of ether oxygens (including phenoxy) is 1. The zero-order chi connectivity index (χ0) is 9.68. The molecule has 1 atom stereocenters. The van der Waals surface area contributed by atoms with Crippen molar-refractivity contribution < 1.29 is 4.74 Å². The van der Waals surface area contributed by atoms with E-state index in [9.17, 15) is 0 Å². The van der Waals surface area contributed by atoms with Crippen molar-refractivity contribution in [3.8, 4) is 0 Å². The zero-order valence-corrected chi connectivity index (χ0v) is 8.45. The van der Waals surface area contributed by atoms with Gasteiger partial charge in [0.1, 0.15) is 0 Å². The molecule has 0 saturated heterocycles. The first-order valence-electron chi connectivity index (χ1n) is 4.54. The van der Waals surface area contributed by atoms with E-state index >= 15 is 0 Å². The van der Waals surface area contributed by atoms with Gasteiger partial charge in [-0.3, -0.25) is 4.68 Å². The van der Waals surface area contributed by atoms with Crippen molar-refractivity contribution in [2.24, 2.45) is 0 Å². The Morgan fingerprint density at radius 2 is 2.46 bits per heavy atom. The molecule has 0 aromatic carbocycles. The molecule has 1 N–H and O–H groups in total. The van der Waals surface area contributed by atoms with Gasteiger partial charge in [-0.15, -0.1) is 0 Å². The molecule has 0 spiro atoms. The summed E-state index contributed by atoms with van der Waals surface area (Å²) < 4.78 is 6.91. The Kier molecular flexibility index (Phi) is 3.76. The van der Waals surface area contributed by atoms with Crippen molar-refractivity contribution >= 4 is 5.69 Å². The molecule has 13 heavy (non-hydrogen) atoms. The maximum atomic E-state index is 5.02. The van der Waals surface area contributed by atoms with Crippen molar-refractivity contribution in [3.63, 3.8) is 0 Å². The topological polar surface area (TPSA) is 39.1 Å². The molecule has 4 nitrogen and oxygen atoms in total. The summed E-state index contributed by atoms with van der Waals surface area (Å²) in [6.45, 7) is 5.75. The first-order valence-corrected chi connectivity index (χ1v) is 4.54. The van der Waals surface area contributed by atoms with Gasteiger partial charge >= 0.3 is 0 Å². The van der Waals surface area contributed by atoms with E-state index in [-0.39, 0.29) is 0 Å². The van der Waals surface area contributed by atoms with Crippen LogP contribution in [0.25, 0.3) is 0 Å². The lowest BCUT2D eigenvalue weighted by Gasteiger charge is -2.11. The van der Waals surface area contributed by atoms with E-state index in [2.05, 4.69) is 24.3 Å². The Bertz CT molecular complexity index is 247. The van der Waals surface area contributed by atoms with Gasteiger partial charge < -0.3 is 10.1 Å². The van der Waals surface area contributed by atoms with Crippen LogP contribution >= 0.6 is 0 Å². The summed E-state index contributed by atoms with van der Waals surface area (Å²) in [7, 11) is 1.70. The molecule has 0 saturated carbocycles. The molecular formula is C9H17N3O. The van der Waals surface area contributed by atoms with Gasteiger partial charge in [-0.25, -0.2) is 0 Å². The minimum absolute atomic E-state index is 0.319. The van der Waals surface area contributed by atoms with Crippen LogP contribution in [0.1, 0.15) is 13.8 Å². The summed E-state index contributed by atoms with van der Waals surface area (Å²) >= 11 is 0. The van der Waals surface area contributed by atoms with Gasteiger partial charge in [0, 0.05) is 25.9 Å². The first-order chi connectivity index (χ1) is 6.26. The summed E-state index contributed by atoms with van der Waals surface area (Å²) in [6, 6.07) is 0.319. The van der Waals surface area contributed by atoms with E-state index in [0.717, 1.165) is 12.2 Å². The van der Waals surface area contributed by atoms with Gasteiger partial charge in [0.15, 0.2) is 0 Å². The van der Waals surface area contributed by atoms with Crippen LogP contribution in [-0.4, -0.2) is 29.5 Å². The Balaban J connectivity index is 2.44. The van der Waals surface area contributed by atoms with Crippen molar-refractivity contribution in [3.05, 3.63) is 12.4 Å². The van der Waals surface area contributed by atoms with Gasteiger partial charge in [-0.05, 0) is 13.8 Å². The van der Waals surface area contributed by atoms with Crippen molar-refractivity contribution in [1.29, 1.82) is 0 Å². The molecule has 0 bridgehead atoms. The largest absolute Gasteiger partial charge is 0.383 e. The molecule has 0 radical (unpaired) electrons. The Hall–Kier alpha value is -1.03. The smallest absolute Gasteiger partial charge is 0.0729 e. The third kappa shape index (κ3) is 3.06. The molecule has 74 valence electrons. The zero-order valence-electron chi connectivity index (χ0n) is 8.45. The SMILES string of the molecule is CCn1cc(N[C@H](C)COC)cn1. The van der Waals surface area contributed by atoms with Crippen LogP contribution in [0.15, 0.2) is 12.4 Å². The number of nitrogens with one attached hydrogen (secondary N) is 1. The second kappa shape index (κ2) is 4.87. The molecule has 1 aromatic rings. The van der Waals surface area contributed by atoms with Crippen LogP contribution in [0.2, 0.25) is 0 Å². The number of anilines is 1. The summed E-state index contributed by atoms with van der Waals surface area (Å²) in [5.74, 6) is 0. The number of nitrogens with zero attached hydrogens (tertiary/aromatic N) is 2. The molecule has 1 rings (SSSR count). The fourth-order valence-electron chi connectivity index (χ4n) is 1.19. The number of aryl methyl sites for hydroxylation is 1. The average molecular weight is 183 g/mol. The van der Waals surface area contributed by atoms with Gasteiger partial charge in [-0.2, -0.15) is 5.10 Å². The van der Waals surface area contributed by atoms with Gasteiger partial charge in [0.25, 0.3) is 0 Å². The molecule has 0 aliphatic heterocycles. The minimum atomic E-state index is 0.319. The number of aromatic nitrogens is 2. The highest BCUT2D eigenvalue weighted by Crippen LogP contribution is 2.06. The highest BCUT2D eigenvalue weighted by molar-refractivity contribution is 5.39. The van der Waals surface area contributed by atoms with Crippen LogP contribution in [0.4, 0.5) is 5.69 Å². The molecule has 1 heterocycles. The molecule has 0 aliphatic carbocycles. The van der Waals surface area contributed by atoms with E-state index in [1.807, 2.05) is 17.1 Å². The standard InChI is InChI=1S/C9H17N3O/c1-4-12-6-9(5-10-12)11-8(2)7-13-3/h5-6,8,11H,4,7H2,1-3H3/t8-/m1/s1. The molecule has 4 heteroatoms. The van der Waals surface area contributed by atoms with Crippen LogP contribution in [-0.2, 0) is 11.3 Å². The van der Waals surface area contributed by atoms with E-state index in [1.54, 1.807) is 7.11 Å². The number of methoxy groups -OCH3 is 1. The number of rotatable bonds is 5. The normalized spacial score (nSPS) is 12.8. The lowest BCUT2D eigenvalue weighted by molar-refractivity contribution is 0.190. The van der Waals surface area contributed by atoms with Crippen molar-refractivity contribution in [1.82, 2.24) is 9.78 Å². The van der Waals surface area contributed by atoms with Crippen LogP contribution in [0.3, 0.4) is 0 Å². The molecule has 0 aliphatic rings. The van der Waals surface area contributed by atoms with Gasteiger partial charge in [-0.1, -0.05) is 0 Å². The lowest BCUT2D eigenvalue weighted by Crippen LogP contribution is -2.20. The molecule has 0 unspecified atom stereocenters. The quantitative estimate of drug-likeness (QED) is 0.749. The van der Waals surface area contributed by atoms with E-state index in [1.165, 1.54) is 0 Å². The summed E-state index contributed by atoms with van der Waals surface area (Å²) in [4.78, 5) is 0. The van der Waals surface area contributed by atoms with E-state index in [0.29, 0.717) is 12.6 Å². The second-order valence-corrected chi connectivity index (χ2v) is 3.09.